The van der Waals surface area contributed by atoms with Gasteiger partial charge >= 0.3 is 35.8 Å². The van der Waals surface area contributed by atoms with E-state index in [9.17, 15) is 28.8 Å². The van der Waals surface area contributed by atoms with Gasteiger partial charge in [0, 0.05) is 41.5 Å². The van der Waals surface area contributed by atoms with Gasteiger partial charge in [-0.25, -0.2) is 0 Å². The molecule has 40 heavy (non-hydrogen) atoms. The van der Waals surface area contributed by atoms with Crippen molar-refractivity contribution < 1.29 is 71.4 Å². The van der Waals surface area contributed by atoms with Crippen molar-refractivity contribution >= 4 is 47.4 Å². The number of halogens is 1. The Kier molecular flexibility index (Phi) is 12.1. The topological polar surface area (TPSA) is 185 Å². The van der Waals surface area contributed by atoms with Gasteiger partial charge in [-0.15, -0.1) is 0 Å². The molecule has 0 radical (unpaired) electrons. The molecular formula is C24H33ClO15. The lowest BCUT2D eigenvalue weighted by atomic mass is 9.96. The van der Waals surface area contributed by atoms with Crippen molar-refractivity contribution in [2.24, 2.45) is 0 Å². The van der Waals surface area contributed by atoms with Crippen molar-refractivity contribution in [2.45, 2.75) is 109 Å². The van der Waals surface area contributed by atoms with Crippen LogP contribution >= 0.6 is 11.6 Å². The molecule has 2 aliphatic rings. The van der Waals surface area contributed by atoms with Crippen LogP contribution in [-0.4, -0.2) is 103 Å². The second kappa shape index (κ2) is 14.6. The summed E-state index contributed by atoms with van der Waals surface area (Å²) in [6, 6.07) is 0. The molecule has 1 unspecified atom stereocenters. The van der Waals surface area contributed by atoms with E-state index in [-0.39, 0.29) is 0 Å². The summed E-state index contributed by atoms with van der Waals surface area (Å²) in [5.74, 6) is -4.73. The quantitative estimate of drug-likeness (QED) is 0.201. The molecule has 0 saturated carbocycles. The molecular weight excluding hydrogens is 564 g/mol. The van der Waals surface area contributed by atoms with Crippen molar-refractivity contribution in [1.29, 1.82) is 0 Å². The minimum Gasteiger partial charge on any atom is -0.463 e. The molecule has 2 saturated heterocycles. The van der Waals surface area contributed by atoms with Gasteiger partial charge in [-0.1, -0.05) is 11.6 Å². The summed E-state index contributed by atoms with van der Waals surface area (Å²) in [6.45, 7) is 7.59. The first-order chi connectivity index (χ1) is 18.6. The number of ether oxygens (including phenoxy) is 9. The highest BCUT2D eigenvalue weighted by Gasteiger charge is 2.56. The smallest absolute Gasteiger partial charge is 0.303 e. The van der Waals surface area contributed by atoms with Gasteiger partial charge in [0.05, 0.1) is 6.10 Å². The van der Waals surface area contributed by atoms with Crippen LogP contribution in [0.2, 0.25) is 0 Å². The summed E-state index contributed by atoms with van der Waals surface area (Å²) in [5, 5.41) is 0. The van der Waals surface area contributed by atoms with E-state index in [1.54, 1.807) is 0 Å². The van der Waals surface area contributed by atoms with Crippen LogP contribution < -0.4 is 0 Å². The van der Waals surface area contributed by atoms with Gasteiger partial charge in [0.2, 0.25) is 0 Å². The van der Waals surface area contributed by atoms with Crippen molar-refractivity contribution in [3.63, 3.8) is 0 Å². The molecule has 10 atom stereocenters. The number of esters is 6. The normalized spacial score (nSPS) is 33.6. The molecule has 16 heteroatoms. The molecule has 0 aliphatic carbocycles. The van der Waals surface area contributed by atoms with E-state index in [1.165, 1.54) is 6.92 Å². The molecule has 0 aromatic heterocycles. The highest BCUT2D eigenvalue weighted by atomic mass is 35.5. The van der Waals surface area contributed by atoms with Gasteiger partial charge in [-0.05, 0) is 6.92 Å². The van der Waals surface area contributed by atoms with Gasteiger partial charge in [-0.3, -0.25) is 28.8 Å². The zero-order valence-corrected chi connectivity index (χ0v) is 23.7. The molecule has 0 aromatic rings. The minimum absolute atomic E-state index is 0.499. The summed E-state index contributed by atoms with van der Waals surface area (Å²) in [5.41, 5.74) is -1.28. The van der Waals surface area contributed by atoms with E-state index in [0.717, 1.165) is 41.5 Å². The van der Waals surface area contributed by atoms with Crippen LogP contribution in [-0.2, 0) is 71.4 Å². The maximum atomic E-state index is 12.1. The number of carbonyl (C=O) groups excluding carboxylic acids is 6. The second-order valence-corrected chi connectivity index (χ2v) is 9.44. The van der Waals surface area contributed by atoms with Gasteiger partial charge in [0.15, 0.2) is 42.4 Å². The average molecular weight is 597 g/mol. The van der Waals surface area contributed by atoms with Crippen LogP contribution in [0.5, 0.6) is 0 Å². The molecule has 15 nitrogen and oxygen atoms in total. The lowest BCUT2D eigenvalue weighted by Gasteiger charge is -2.48. The van der Waals surface area contributed by atoms with Gasteiger partial charge in [0.1, 0.15) is 18.8 Å². The largest absolute Gasteiger partial charge is 0.463 e. The maximum Gasteiger partial charge on any atom is 0.303 e. The van der Waals surface area contributed by atoms with E-state index in [1.807, 2.05) is 0 Å². The zero-order chi connectivity index (χ0) is 30.3. The summed E-state index contributed by atoms with van der Waals surface area (Å²) in [4.78, 5) is 71.4. The summed E-state index contributed by atoms with van der Waals surface area (Å²) < 4.78 is 49.5. The molecule has 0 aromatic carbocycles. The first kappa shape index (κ1) is 33.2. The summed E-state index contributed by atoms with van der Waals surface area (Å²) in [7, 11) is 0. The van der Waals surface area contributed by atoms with Crippen LogP contribution in [0.4, 0.5) is 0 Å². The lowest BCUT2D eigenvalue weighted by molar-refractivity contribution is -0.339. The second-order valence-electron chi connectivity index (χ2n) is 9.01. The van der Waals surface area contributed by atoms with Crippen molar-refractivity contribution in [3.05, 3.63) is 0 Å². The molecule has 2 heterocycles. The summed E-state index contributed by atoms with van der Waals surface area (Å²) in [6.07, 6.45) is -12.3. The van der Waals surface area contributed by atoms with Crippen LogP contribution in [0.25, 0.3) is 0 Å². The lowest BCUT2D eigenvalue weighted by Crippen LogP contribution is -2.66. The Morgan fingerprint density at radius 1 is 0.575 bits per heavy atom. The first-order valence-electron chi connectivity index (χ1n) is 12.2. The van der Waals surface area contributed by atoms with E-state index < -0.39 is 103 Å². The molecule has 0 N–H and O–H groups in total. The Morgan fingerprint density at radius 3 is 1.52 bits per heavy atom. The monoisotopic (exact) mass is 596 g/mol. The third-order valence-corrected chi connectivity index (χ3v) is 5.91. The van der Waals surface area contributed by atoms with Crippen LogP contribution in [0, 0.1) is 0 Å². The molecule has 2 fully saturated rings. The number of hydrogen-bond donors (Lipinski definition) is 0. The Hall–Kier alpha value is -3.01. The highest BCUT2D eigenvalue weighted by molar-refractivity contribution is 6.20. The van der Waals surface area contributed by atoms with Crippen LogP contribution in [0.1, 0.15) is 48.5 Å². The first-order valence-corrected chi connectivity index (χ1v) is 12.6. The fraction of sp³-hybridized carbons (Fsp3) is 0.750. The fourth-order valence-corrected chi connectivity index (χ4v) is 4.59. The zero-order valence-electron chi connectivity index (χ0n) is 23.0. The van der Waals surface area contributed by atoms with Crippen LogP contribution in [0.3, 0.4) is 0 Å². The molecule has 2 rings (SSSR count). The van der Waals surface area contributed by atoms with E-state index in [0.29, 0.717) is 0 Å². The van der Waals surface area contributed by atoms with Crippen LogP contribution in [0.15, 0.2) is 0 Å². The third kappa shape index (κ3) is 9.28. The molecule has 0 bridgehead atoms. The molecule has 226 valence electrons. The fourth-order valence-electron chi connectivity index (χ4n) is 4.24. The number of rotatable bonds is 9. The predicted molar refractivity (Wildman–Crippen MR) is 128 cm³/mol. The minimum atomic E-state index is -1.66. The Balaban J connectivity index is 2.60. The van der Waals surface area contributed by atoms with Gasteiger partial charge in [0.25, 0.3) is 0 Å². The average Bonchev–Trinajstić information content (AvgIpc) is 2.80. The Labute approximate surface area is 234 Å². The third-order valence-electron chi connectivity index (χ3n) is 5.56. The van der Waals surface area contributed by atoms with Gasteiger partial charge in [-0.2, -0.15) is 0 Å². The molecule has 0 spiro atoms. The highest BCUT2D eigenvalue weighted by Crippen LogP contribution is 2.35. The number of hydrogen-bond acceptors (Lipinski definition) is 15. The Bertz CT molecular complexity index is 942. The Morgan fingerprint density at radius 2 is 1.02 bits per heavy atom. The van der Waals surface area contributed by atoms with Crippen molar-refractivity contribution in [2.75, 3.05) is 6.61 Å². The number of carbonyl (C=O) groups is 6. The summed E-state index contributed by atoms with van der Waals surface area (Å²) >= 11 is 6.32. The SMILES string of the molecule is CC(=O)OC[C@H]1O[C@H](O[C@@H]2[C@@H](OC(C)=O)[C@H](C)OC(Cl)[C@@H]2OC(C)=O)[C@H](OC(C)=O)[C@@H](OC(C)=O)[C@@H]1OC(C)=O. The molecule has 0 amide bonds. The molecule has 2 aliphatic heterocycles. The predicted octanol–water partition coefficient (Wildman–Crippen LogP) is 0.302. The van der Waals surface area contributed by atoms with E-state index in [4.69, 9.17) is 54.2 Å². The van der Waals surface area contributed by atoms with Crippen molar-refractivity contribution in [3.8, 4) is 0 Å². The van der Waals surface area contributed by atoms with Gasteiger partial charge < -0.3 is 42.6 Å². The van der Waals surface area contributed by atoms with E-state index >= 15 is 0 Å². The van der Waals surface area contributed by atoms with Crippen molar-refractivity contribution in [1.82, 2.24) is 0 Å². The number of alkyl halides is 1. The standard InChI is InChI=1S/C24H33ClO15/c1-9-17(34-11(3)27)19(21(23(25)33-9)37-14(6)30)40-24-22(38-15(7)31)20(36-13(5)29)18(35-12(4)28)16(39-24)8-32-10(2)26/h9,16-24H,8H2,1-7H3/t9-,16+,17-,18+,19+,20-,21+,22+,23?,24+/m0/s1. The maximum absolute atomic E-state index is 12.1. The van der Waals surface area contributed by atoms with E-state index in [2.05, 4.69) is 0 Å².